The summed E-state index contributed by atoms with van der Waals surface area (Å²) in [7, 11) is -8.14. The Hall–Kier alpha value is 0.956. The molecule has 13 heteroatoms. The van der Waals surface area contributed by atoms with Gasteiger partial charge >= 0.3 is 24.8 Å². The second kappa shape index (κ2) is 35.0. The number of hydrogen-bond donors (Lipinski definition) is 3. The van der Waals surface area contributed by atoms with Crippen molar-refractivity contribution in [1.29, 1.82) is 0 Å². The fourth-order valence-electron chi connectivity index (χ4n) is 3.26. The summed E-state index contributed by atoms with van der Waals surface area (Å²) in [5, 5.41) is 0. The van der Waals surface area contributed by atoms with Gasteiger partial charge in [-0.05, 0) is 37.0 Å². The minimum Gasteiger partial charge on any atom is -0.326 e. The van der Waals surface area contributed by atoms with Gasteiger partial charge in [-0.3, -0.25) is 13.7 Å². The van der Waals surface area contributed by atoms with Crippen LogP contribution in [0.5, 0.6) is 0 Å². The maximum absolute atomic E-state index is 10.3. The zero-order chi connectivity index (χ0) is 28.2. The van der Waals surface area contributed by atoms with Gasteiger partial charge in [0.2, 0.25) is 0 Å². The monoisotopic (exact) mass is 641 g/mol. The van der Waals surface area contributed by atoms with E-state index in [1.807, 2.05) is 0 Å². The normalized spacial score (nSPS) is 15.5. The first-order chi connectivity index (χ1) is 17.1. The van der Waals surface area contributed by atoms with Gasteiger partial charge in [-0.2, -0.15) is 0 Å². The summed E-state index contributed by atoms with van der Waals surface area (Å²) in [5.74, 6) is 1.35. The molecule has 0 heterocycles. The zero-order valence-electron chi connectivity index (χ0n) is 24.0. The molecule has 3 N–H and O–H groups in total. The van der Waals surface area contributed by atoms with Crippen molar-refractivity contribution in [2.75, 3.05) is 19.8 Å². The average Bonchev–Trinajstić information content (AvgIpc) is 2.85. The molecule has 0 amide bonds. The van der Waals surface area contributed by atoms with Crippen LogP contribution in [-0.2, 0) is 44.0 Å². The molecule has 0 bridgehead atoms. The second-order valence-corrected chi connectivity index (χ2v) is 11.4. The van der Waals surface area contributed by atoms with Crippen molar-refractivity contribution in [3.8, 4) is 0 Å². The molecule has 0 aromatic carbocycles. The van der Waals surface area contributed by atoms with Crippen LogP contribution >= 0.6 is 24.8 Å². The average molecular weight is 642 g/mol. The Bertz CT molecular complexity index is 460. The molecule has 0 aromatic heterocycles. The molecular weight excluding hydrogens is 584 g/mol. The Morgan fingerprint density at radius 1 is 0.514 bits per heavy atom. The van der Waals surface area contributed by atoms with Gasteiger partial charge in [-0.1, -0.05) is 99.3 Å². The number of rotatable bonds is 21. The third kappa shape index (κ3) is 39.2. The minimum absolute atomic E-state index is 0. The van der Waals surface area contributed by atoms with E-state index in [2.05, 4.69) is 41.5 Å². The molecule has 0 saturated carbocycles. The molecule has 0 spiro atoms. The Balaban J connectivity index is -0.000000218. The third-order valence-corrected chi connectivity index (χ3v) is 7.20. The van der Waals surface area contributed by atoms with Gasteiger partial charge in [0.05, 0.1) is 19.8 Å². The molecular formula is C24H57CoO9P3. The van der Waals surface area contributed by atoms with E-state index in [4.69, 9.17) is 28.3 Å². The van der Waals surface area contributed by atoms with Crippen LogP contribution in [0.1, 0.15) is 119 Å². The van der Waals surface area contributed by atoms with E-state index in [1.165, 1.54) is 38.5 Å². The van der Waals surface area contributed by atoms with E-state index in [1.54, 1.807) is 0 Å². The molecule has 0 saturated heterocycles. The smallest absolute Gasteiger partial charge is 0.316 e. The number of hydrogen-bond acceptors (Lipinski definition) is 6. The van der Waals surface area contributed by atoms with E-state index in [0.29, 0.717) is 37.6 Å². The van der Waals surface area contributed by atoms with Crippen LogP contribution in [0, 0.1) is 17.8 Å². The van der Waals surface area contributed by atoms with Gasteiger partial charge in [0.25, 0.3) is 0 Å². The summed E-state index contributed by atoms with van der Waals surface area (Å²) in [6.07, 6.45) is 13.4. The molecule has 6 atom stereocenters. The van der Waals surface area contributed by atoms with Gasteiger partial charge in [0.15, 0.2) is 0 Å². The molecule has 0 rings (SSSR count). The minimum atomic E-state index is -2.71. The summed E-state index contributed by atoms with van der Waals surface area (Å²) in [6, 6.07) is 0. The van der Waals surface area contributed by atoms with Crippen molar-refractivity contribution in [2.45, 2.75) is 119 Å². The van der Waals surface area contributed by atoms with Crippen molar-refractivity contribution < 1.29 is 58.7 Å². The van der Waals surface area contributed by atoms with Gasteiger partial charge in [0, 0.05) is 16.8 Å². The van der Waals surface area contributed by atoms with Crippen molar-refractivity contribution in [1.82, 2.24) is 0 Å². The Labute approximate surface area is 239 Å². The molecule has 0 aliphatic rings. The molecule has 37 heavy (non-hydrogen) atoms. The zero-order valence-corrected chi connectivity index (χ0v) is 28.0. The fraction of sp³-hybridized carbons (Fsp3) is 1.00. The largest absolute Gasteiger partial charge is 0.326 e. The van der Waals surface area contributed by atoms with Crippen LogP contribution in [0.2, 0.25) is 0 Å². The van der Waals surface area contributed by atoms with E-state index < -0.39 is 24.8 Å². The van der Waals surface area contributed by atoms with E-state index >= 15 is 0 Å². The van der Waals surface area contributed by atoms with Crippen molar-refractivity contribution in [3.05, 3.63) is 0 Å². The summed E-state index contributed by atoms with van der Waals surface area (Å²) in [4.78, 5) is 25.3. The Morgan fingerprint density at radius 3 is 0.865 bits per heavy atom. The maximum atomic E-state index is 10.3. The van der Waals surface area contributed by atoms with Crippen LogP contribution < -0.4 is 0 Å². The predicted octanol–water partition coefficient (Wildman–Crippen LogP) is 7.80. The van der Waals surface area contributed by atoms with Crippen LogP contribution in [0.25, 0.3) is 0 Å². The van der Waals surface area contributed by atoms with Gasteiger partial charge in [-0.25, -0.2) is 0 Å². The maximum Gasteiger partial charge on any atom is 0.316 e. The van der Waals surface area contributed by atoms with Gasteiger partial charge in [-0.15, -0.1) is 0 Å². The number of unbranched alkanes of at least 4 members (excludes halogenated alkanes) is 3. The van der Waals surface area contributed by atoms with Gasteiger partial charge < -0.3 is 28.3 Å². The molecule has 231 valence electrons. The predicted molar refractivity (Wildman–Crippen MR) is 151 cm³/mol. The quantitative estimate of drug-likeness (QED) is 0.107. The van der Waals surface area contributed by atoms with Crippen molar-refractivity contribution in [2.24, 2.45) is 17.8 Å². The molecule has 1 radical (unpaired) electrons. The Morgan fingerprint density at radius 2 is 0.730 bits per heavy atom. The first-order valence-corrected chi connectivity index (χ1v) is 17.5. The standard InChI is InChI=1S/3C8H19O3P.Co/c3*1-3-5-6-8(4-2)7-11-12(9)10;/h3*8,12H,3-7H2,1-2H3,(H,9,10);. The second-order valence-electron chi connectivity index (χ2n) is 8.98. The Kier molecular flexibility index (Phi) is 42.5. The first-order valence-electron chi connectivity index (χ1n) is 13.7. The van der Waals surface area contributed by atoms with E-state index in [0.717, 1.165) is 38.5 Å². The molecule has 6 unspecified atom stereocenters. The van der Waals surface area contributed by atoms with Crippen LogP contribution in [0.15, 0.2) is 0 Å². The molecule has 0 aliphatic carbocycles. The molecule has 0 aliphatic heterocycles. The van der Waals surface area contributed by atoms with Crippen LogP contribution in [0.4, 0.5) is 0 Å². The van der Waals surface area contributed by atoms with E-state index in [-0.39, 0.29) is 16.8 Å². The van der Waals surface area contributed by atoms with Crippen molar-refractivity contribution in [3.63, 3.8) is 0 Å². The van der Waals surface area contributed by atoms with Crippen molar-refractivity contribution >= 4 is 24.8 Å². The van der Waals surface area contributed by atoms with Crippen LogP contribution in [-0.4, -0.2) is 34.5 Å². The fourth-order valence-corrected chi connectivity index (χ4v) is 4.40. The SMILES string of the molecule is CCCCC(CC)CO[PH](=O)O.CCCCC(CC)CO[PH](=O)O.CCCCC(CC)CO[PH](=O)O.[Co]. The molecule has 0 fully saturated rings. The van der Waals surface area contributed by atoms with Crippen LogP contribution in [0.3, 0.4) is 0 Å². The molecule has 9 nitrogen and oxygen atoms in total. The molecule has 0 aromatic rings. The summed E-state index contributed by atoms with van der Waals surface area (Å²) < 4.78 is 44.9. The third-order valence-electron chi connectivity index (χ3n) is 5.96. The topological polar surface area (TPSA) is 140 Å². The summed E-state index contributed by atoms with van der Waals surface area (Å²) >= 11 is 0. The van der Waals surface area contributed by atoms with E-state index in [9.17, 15) is 13.7 Å². The summed E-state index contributed by atoms with van der Waals surface area (Å²) in [6.45, 7) is 14.0. The van der Waals surface area contributed by atoms with Gasteiger partial charge in [0.1, 0.15) is 0 Å². The first kappa shape index (κ1) is 45.0. The summed E-state index contributed by atoms with van der Waals surface area (Å²) in [5.41, 5.74) is 0.